The summed E-state index contributed by atoms with van der Waals surface area (Å²) in [5, 5.41) is 10.2. The lowest BCUT2D eigenvalue weighted by Gasteiger charge is -1.99. The van der Waals surface area contributed by atoms with Gasteiger partial charge in [0.1, 0.15) is 11.4 Å². The summed E-state index contributed by atoms with van der Waals surface area (Å²) >= 11 is 0. The van der Waals surface area contributed by atoms with Crippen molar-refractivity contribution in [2.45, 2.75) is 0 Å². The quantitative estimate of drug-likeness (QED) is 0.583. The standard InChI is InChI=1S/C18H13NO2/c20-15-9-5-13(6-10-15)7-12-18(21)17-11-8-14-3-1-2-4-16(14)19-17/h1-12,20H. The molecule has 0 amide bonds. The molecule has 102 valence electrons. The number of fused-ring (bicyclic) bond motifs is 1. The molecule has 0 bridgehead atoms. The van der Waals surface area contributed by atoms with Gasteiger partial charge in [-0.1, -0.05) is 42.5 Å². The smallest absolute Gasteiger partial charge is 0.204 e. The van der Waals surface area contributed by atoms with E-state index in [9.17, 15) is 9.90 Å². The Balaban J connectivity index is 1.84. The van der Waals surface area contributed by atoms with Crippen LogP contribution in [0.5, 0.6) is 5.75 Å². The first-order valence-electron chi connectivity index (χ1n) is 6.60. The summed E-state index contributed by atoms with van der Waals surface area (Å²) in [6.45, 7) is 0. The number of phenolic OH excluding ortho intramolecular Hbond substituents is 1. The number of rotatable bonds is 3. The molecule has 0 radical (unpaired) electrons. The van der Waals surface area contributed by atoms with Crippen LogP contribution in [-0.4, -0.2) is 15.9 Å². The van der Waals surface area contributed by atoms with Crippen molar-refractivity contribution < 1.29 is 9.90 Å². The minimum Gasteiger partial charge on any atom is -0.508 e. The van der Waals surface area contributed by atoms with Crippen LogP contribution in [0.3, 0.4) is 0 Å². The predicted molar refractivity (Wildman–Crippen MR) is 83.2 cm³/mol. The molecule has 3 rings (SSSR count). The second-order valence-corrected chi connectivity index (χ2v) is 4.68. The Hall–Kier alpha value is -2.94. The average molecular weight is 275 g/mol. The van der Waals surface area contributed by atoms with E-state index in [4.69, 9.17) is 0 Å². The van der Waals surface area contributed by atoms with E-state index >= 15 is 0 Å². The zero-order valence-corrected chi connectivity index (χ0v) is 11.2. The Bertz CT molecular complexity index is 820. The van der Waals surface area contributed by atoms with Crippen LogP contribution in [0, 0.1) is 0 Å². The van der Waals surface area contributed by atoms with Gasteiger partial charge in [0.25, 0.3) is 0 Å². The van der Waals surface area contributed by atoms with Crippen LogP contribution in [0.2, 0.25) is 0 Å². The summed E-state index contributed by atoms with van der Waals surface area (Å²) in [7, 11) is 0. The molecule has 3 nitrogen and oxygen atoms in total. The lowest BCUT2D eigenvalue weighted by molar-refractivity contribution is 0.104. The number of ketones is 1. The van der Waals surface area contributed by atoms with Crippen molar-refractivity contribution in [1.29, 1.82) is 0 Å². The number of pyridine rings is 1. The molecule has 3 aromatic rings. The van der Waals surface area contributed by atoms with E-state index in [0.29, 0.717) is 5.69 Å². The number of allylic oxidation sites excluding steroid dienone is 1. The van der Waals surface area contributed by atoms with E-state index < -0.39 is 0 Å². The maximum absolute atomic E-state index is 12.1. The van der Waals surface area contributed by atoms with Crippen LogP contribution >= 0.6 is 0 Å². The topological polar surface area (TPSA) is 50.2 Å². The minimum absolute atomic E-state index is 0.145. The Kier molecular flexibility index (Phi) is 3.48. The third-order valence-corrected chi connectivity index (χ3v) is 3.17. The molecule has 2 aromatic carbocycles. The van der Waals surface area contributed by atoms with Crippen LogP contribution in [0.25, 0.3) is 17.0 Å². The fourth-order valence-corrected chi connectivity index (χ4v) is 2.05. The molecule has 0 atom stereocenters. The summed E-state index contributed by atoms with van der Waals surface area (Å²) in [4.78, 5) is 16.5. The molecule has 0 aliphatic heterocycles. The zero-order chi connectivity index (χ0) is 14.7. The summed E-state index contributed by atoms with van der Waals surface area (Å²) in [6.07, 6.45) is 3.20. The number of hydrogen-bond acceptors (Lipinski definition) is 3. The van der Waals surface area contributed by atoms with E-state index in [2.05, 4.69) is 4.98 Å². The highest BCUT2D eigenvalue weighted by Gasteiger charge is 2.04. The van der Waals surface area contributed by atoms with Gasteiger partial charge < -0.3 is 5.11 Å². The highest BCUT2D eigenvalue weighted by molar-refractivity contribution is 6.06. The largest absolute Gasteiger partial charge is 0.508 e. The molecule has 0 saturated heterocycles. The van der Waals surface area contributed by atoms with Gasteiger partial charge in [0, 0.05) is 5.39 Å². The second-order valence-electron chi connectivity index (χ2n) is 4.68. The zero-order valence-electron chi connectivity index (χ0n) is 11.2. The Morgan fingerprint density at radius 2 is 1.71 bits per heavy atom. The first kappa shape index (κ1) is 13.1. The van der Waals surface area contributed by atoms with Crippen molar-refractivity contribution in [3.63, 3.8) is 0 Å². The van der Waals surface area contributed by atoms with Gasteiger partial charge in [-0.25, -0.2) is 4.98 Å². The van der Waals surface area contributed by atoms with Crippen LogP contribution < -0.4 is 0 Å². The number of aromatic hydroxyl groups is 1. The van der Waals surface area contributed by atoms with Gasteiger partial charge in [-0.3, -0.25) is 4.79 Å². The molecule has 1 aromatic heterocycles. The molecule has 0 aliphatic rings. The van der Waals surface area contributed by atoms with E-state index in [1.807, 2.05) is 30.3 Å². The number of carbonyl (C=O) groups excluding carboxylic acids is 1. The number of carbonyl (C=O) groups is 1. The van der Waals surface area contributed by atoms with Crippen LogP contribution in [-0.2, 0) is 0 Å². The monoisotopic (exact) mass is 275 g/mol. The number of hydrogen-bond donors (Lipinski definition) is 1. The van der Waals surface area contributed by atoms with Gasteiger partial charge in [-0.2, -0.15) is 0 Å². The molecule has 1 heterocycles. The lowest BCUT2D eigenvalue weighted by atomic mass is 10.1. The van der Waals surface area contributed by atoms with Crippen molar-refractivity contribution >= 4 is 22.8 Å². The molecular weight excluding hydrogens is 262 g/mol. The summed E-state index contributed by atoms with van der Waals surface area (Å²) in [5.74, 6) is 0.0588. The van der Waals surface area contributed by atoms with Crippen molar-refractivity contribution in [3.05, 3.63) is 78.0 Å². The van der Waals surface area contributed by atoms with E-state index in [1.54, 1.807) is 36.4 Å². The normalized spacial score (nSPS) is 11.0. The van der Waals surface area contributed by atoms with Gasteiger partial charge in [0.2, 0.25) is 5.78 Å². The minimum atomic E-state index is -0.145. The van der Waals surface area contributed by atoms with Crippen LogP contribution in [0.1, 0.15) is 16.1 Å². The molecule has 3 heteroatoms. The fourth-order valence-electron chi connectivity index (χ4n) is 2.05. The summed E-state index contributed by atoms with van der Waals surface area (Å²) in [6, 6.07) is 18.0. The SMILES string of the molecule is O=C(C=Cc1ccc(O)cc1)c1ccc2ccccc2n1. The van der Waals surface area contributed by atoms with E-state index in [0.717, 1.165) is 16.5 Å². The van der Waals surface area contributed by atoms with Crippen molar-refractivity contribution in [1.82, 2.24) is 4.98 Å². The average Bonchev–Trinajstić information content (AvgIpc) is 2.53. The van der Waals surface area contributed by atoms with Crippen LogP contribution in [0.15, 0.2) is 66.7 Å². The maximum Gasteiger partial charge on any atom is 0.204 e. The molecule has 0 saturated carbocycles. The highest BCUT2D eigenvalue weighted by Crippen LogP contribution is 2.14. The van der Waals surface area contributed by atoms with Gasteiger partial charge in [0.05, 0.1) is 5.52 Å². The maximum atomic E-state index is 12.1. The third kappa shape index (κ3) is 2.98. The Morgan fingerprint density at radius 3 is 2.52 bits per heavy atom. The predicted octanol–water partition coefficient (Wildman–Crippen LogP) is 3.84. The lowest BCUT2D eigenvalue weighted by Crippen LogP contribution is -1.98. The molecule has 0 fully saturated rings. The van der Waals surface area contributed by atoms with Gasteiger partial charge in [-0.15, -0.1) is 0 Å². The number of nitrogens with zero attached hydrogens (tertiary/aromatic N) is 1. The van der Waals surface area contributed by atoms with Crippen molar-refractivity contribution in [3.8, 4) is 5.75 Å². The second kappa shape index (κ2) is 5.59. The third-order valence-electron chi connectivity index (χ3n) is 3.17. The molecule has 0 spiro atoms. The summed E-state index contributed by atoms with van der Waals surface area (Å²) in [5.41, 5.74) is 2.08. The fraction of sp³-hybridized carbons (Fsp3) is 0. The number of para-hydroxylation sites is 1. The molecule has 0 unspecified atom stereocenters. The van der Waals surface area contributed by atoms with Crippen LogP contribution in [0.4, 0.5) is 0 Å². The van der Waals surface area contributed by atoms with Gasteiger partial charge in [-0.05, 0) is 35.9 Å². The highest BCUT2D eigenvalue weighted by atomic mass is 16.3. The number of phenols is 1. The molecule has 1 N–H and O–H groups in total. The van der Waals surface area contributed by atoms with E-state index in [-0.39, 0.29) is 11.5 Å². The first-order chi connectivity index (χ1) is 10.2. The Morgan fingerprint density at radius 1 is 0.952 bits per heavy atom. The Labute approximate surface area is 122 Å². The van der Waals surface area contributed by atoms with E-state index in [1.165, 1.54) is 6.08 Å². The number of benzene rings is 2. The number of aromatic nitrogens is 1. The molecule has 21 heavy (non-hydrogen) atoms. The van der Waals surface area contributed by atoms with Crippen molar-refractivity contribution in [2.24, 2.45) is 0 Å². The first-order valence-corrected chi connectivity index (χ1v) is 6.60. The molecule has 0 aliphatic carbocycles. The molecular formula is C18H13NO2. The van der Waals surface area contributed by atoms with Gasteiger partial charge >= 0.3 is 0 Å². The van der Waals surface area contributed by atoms with Gasteiger partial charge in [0.15, 0.2) is 0 Å². The van der Waals surface area contributed by atoms with Crippen molar-refractivity contribution in [2.75, 3.05) is 0 Å². The summed E-state index contributed by atoms with van der Waals surface area (Å²) < 4.78 is 0.